The zero-order valence-electron chi connectivity index (χ0n) is 15.9. The molecule has 3 aromatic carbocycles. The van der Waals surface area contributed by atoms with Gasteiger partial charge in [-0.25, -0.2) is 9.18 Å². The molecule has 1 N–H and O–H groups in total. The number of aryl methyl sites for hydroxylation is 2. The van der Waals surface area contributed by atoms with E-state index in [4.69, 9.17) is 16.3 Å². The van der Waals surface area contributed by atoms with Gasteiger partial charge in [-0.2, -0.15) is 0 Å². The average Bonchev–Trinajstić information content (AvgIpc) is 2.69. The van der Waals surface area contributed by atoms with Crippen LogP contribution in [0.5, 0.6) is 0 Å². The van der Waals surface area contributed by atoms with Crippen molar-refractivity contribution in [3.05, 3.63) is 99.8 Å². The zero-order chi connectivity index (χ0) is 21.0. The highest BCUT2D eigenvalue weighted by atomic mass is 35.5. The number of esters is 1. The summed E-state index contributed by atoms with van der Waals surface area (Å²) in [5.41, 5.74) is 2.98. The maximum Gasteiger partial charge on any atom is 0.340 e. The predicted octanol–water partition coefficient (Wildman–Crippen LogP) is 5.63. The number of halogens is 2. The zero-order valence-corrected chi connectivity index (χ0v) is 16.7. The number of nitrogens with one attached hydrogen (secondary N) is 1. The first-order valence-electron chi connectivity index (χ1n) is 8.94. The van der Waals surface area contributed by atoms with Crippen LogP contribution in [0.3, 0.4) is 0 Å². The van der Waals surface area contributed by atoms with Crippen molar-refractivity contribution in [3.8, 4) is 0 Å². The Morgan fingerprint density at radius 1 is 1.00 bits per heavy atom. The third-order valence-corrected chi connectivity index (χ3v) is 4.68. The van der Waals surface area contributed by atoms with Crippen molar-refractivity contribution in [2.45, 2.75) is 20.0 Å². The molecule has 29 heavy (non-hydrogen) atoms. The molecule has 3 rings (SSSR count). The number of rotatable bonds is 5. The van der Waals surface area contributed by atoms with Gasteiger partial charge in [0.05, 0.1) is 10.6 Å². The molecule has 0 saturated carbocycles. The maximum absolute atomic E-state index is 13.3. The fourth-order valence-corrected chi connectivity index (χ4v) is 3.04. The first kappa shape index (κ1) is 20.6. The van der Waals surface area contributed by atoms with Crippen LogP contribution in [0.2, 0.25) is 5.02 Å². The molecule has 0 fully saturated rings. The number of carbonyl (C=O) groups excluding carboxylic acids is 2. The van der Waals surface area contributed by atoms with E-state index in [1.807, 2.05) is 32.0 Å². The summed E-state index contributed by atoms with van der Waals surface area (Å²) in [6.07, 6.45) is -1.20. The molecule has 0 spiro atoms. The van der Waals surface area contributed by atoms with Gasteiger partial charge < -0.3 is 10.1 Å². The fourth-order valence-electron chi connectivity index (χ4n) is 2.80. The lowest BCUT2D eigenvalue weighted by molar-refractivity contribution is -0.125. The van der Waals surface area contributed by atoms with Crippen molar-refractivity contribution in [2.24, 2.45) is 0 Å². The Hall–Kier alpha value is -3.18. The van der Waals surface area contributed by atoms with Gasteiger partial charge in [0.15, 0.2) is 0 Å². The van der Waals surface area contributed by atoms with Gasteiger partial charge in [0.2, 0.25) is 6.10 Å². The summed E-state index contributed by atoms with van der Waals surface area (Å²) in [5, 5.41) is 2.73. The summed E-state index contributed by atoms with van der Waals surface area (Å²) in [6.45, 7) is 3.79. The molecule has 0 unspecified atom stereocenters. The standard InChI is InChI=1S/C23H19ClFNO3/c1-14-8-9-15(2)20(12-14)26-22(27)21(16-6-4-3-5-7-16)29-23(28)18-11-10-17(25)13-19(18)24/h3-13,21H,1-2H3,(H,26,27)/t21-/m0/s1. The number of amides is 1. The monoisotopic (exact) mass is 411 g/mol. The van der Waals surface area contributed by atoms with E-state index in [0.29, 0.717) is 11.3 Å². The van der Waals surface area contributed by atoms with Crippen LogP contribution in [0.1, 0.15) is 33.2 Å². The lowest BCUT2D eigenvalue weighted by Gasteiger charge is -2.19. The van der Waals surface area contributed by atoms with E-state index < -0.39 is 23.8 Å². The summed E-state index contributed by atoms with van der Waals surface area (Å²) >= 11 is 5.96. The van der Waals surface area contributed by atoms with Crippen LogP contribution in [-0.2, 0) is 9.53 Å². The molecule has 0 saturated heterocycles. The Morgan fingerprint density at radius 3 is 2.41 bits per heavy atom. The molecule has 6 heteroatoms. The quantitative estimate of drug-likeness (QED) is 0.553. The van der Waals surface area contributed by atoms with Crippen LogP contribution < -0.4 is 5.32 Å². The Bertz CT molecular complexity index is 1050. The molecule has 0 aliphatic carbocycles. The van der Waals surface area contributed by atoms with Gasteiger partial charge in [-0.3, -0.25) is 4.79 Å². The van der Waals surface area contributed by atoms with Crippen LogP contribution in [0, 0.1) is 19.7 Å². The molecule has 148 valence electrons. The molecule has 0 aliphatic heterocycles. The second-order valence-electron chi connectivity index (χ2n) is 6.63. The number of carbonyl (C=O) groups is 2. The molecule has 0 radical (unpaired) electrons. The maximum atomic E-state index is 13.3. The topological polar surface area (TPSA) is 55.4 Å². The van der Waals surface area contributed by atoms with Gasteiger partial charge in [-0.05, 0) is 49.2 Å². The smallest absolute Gasteiger partial charge is 0.340 e. The van der Waals surface area contributed by atoms with Gasteiger partial charge in [-0.1, -0.05) is 54.1 Å². The number of hydrogen-bond donors (Lipinski definition) is 1. The molecule has 0 aliphatic rings. The third kappa shape index (κ3) is 5.00. The van der Waals surface area contributed by atoms with Gasteiger partial charge in [0.25, 0.3) is 5.91 Å². The van der Waals surface area contributed by atoms with E-state index in [1.54, 1.807) is 30.3 Å². The van der Waals surface area contributed by atoms with Crippen LogP contribution in [-0.4, -0.2) is 11.9 Å². The second-order valence-corrected chi connectivity index (χ2v) is 7.04. The largest absolute Gasteiger partial charge is 0.444 e. The molecule has 0 bridgehead atoms. The van der Waals surface area contributed by atoms with Gasteiger partial charge in [-0.15, -0.1) is 0 Å². The summed E-state index contributed by atoms with van der Waals surface area (Å²) in [4.78, 5) is 25.6. The van der Waals surface area contributed by atoms with E-state index >= 15 is 0 Å². The minimum absolute atomic E-state index is 0.0199. The van der Waals surface area contributed by atoms with Crippen molar-refractivity contribution < 1.29 is 18.7 Å². The Morgan fingerprint density at radius 2 is 1.72 bits per heavy atom. The highest BCUT2D eigenvalue weighted by Gasteiger charge is 2.27. The van der Waals surface area contributed by atoms with E-state index in [0.717, 1.165) is 23.3 Å². The van der Waals surface area contributed by atoms with E-state index in [1.165, 1.54) is 6.07 Å². The summed E-state index contributed by atoms with van der Waals surface area (Å²) < 4.78 is 18.8. The number of hydrogen-bond acceptors (Lipinski definition) is 3. The first-order chi connectivity index (χ1) is 13.8. The number of ether oxygens (including phenoxy) is 1. The number of benzene rings is 3. The van der Waals surface area contributed by atoms with Crippen LogP contribution in [0.4, 0.5) is 10.1 Å². The normalized spacial score (nSPS) is 11.6. The molecule has 0 heterocycles. The van der Waals surface area contributed by atoms with E-state index in [9.17, 15) is 14.0 Å². The Balaban J connectivity index is 1.89. The summed E-state index contributed by atoms with van der Waals surface area (Å²) in [6, 6.07) is 17.7. The predicted molar refractivity (Wildman–Crippen MR) is 111 cm³/mol. The minimum atomic E-state index is -1.20. The molecule has 4 nitrogen and oxygen atoms in total. The van der Waals surface area contributed by atoms with Crippen molar-refractivity contribution in [1.82, 2.24) is 0 Å². The van der Waals surface area contributed by atoms with Crippen molar-refractivity contribution in [3.63, 3.8) is 0 Å². The van der Waals surface area contributed by atoms with Crippen LogP contribution in [0.25, 0.3) is 0 Å². The summed E-state index contributed by atoms with van der Waals surface area (Å²) in [7, 11) is 0. The van der Waals surface area contributed by atoms with Crippen molar-refractivity contribution in [2.75, 3.05) is 5.32 Å². The fraction of sp³-hybridized carbons (Fsp3) is 0.130. The molecular formula is C23H19ClFNO3. The Labute approximate surface area is 173 Å². The van der Waals surface area contributed by atoms with Gasteiger partial charge >= 0.3 is 5.97 Å². The lowest BCUT2D eigenvalue weighted by Crippen LogP contribution is -2.26. The molecule has 1 amide bonds. The van der Waals surface area contributed by atoms with E-state index in [-0.39, 0.29) is 10.6 Å². The van der Waals surface area contributed by atoms with Crippen LogP contribution in [0.15, 0.2) is 66.7 Å². The SMILES string of the molecule is Cc1ccc(C)c(NC(=O)[C@@H](OC(=O)c2ccc(F)cc2Cl)c2ccccc2)c1. The summed E-state index contributed by atoms with van der Waals surface area (Å²) in [5.74, 6) is -1.89. The minimum Gasteiger partial charge on any atom is -0.444 e. The molecular weight excluding hydrogens is 393 g/mol. The molecule has 3 aromatic rings. The highest BCUT2D eigenvalue weighted by Crippen LogP contribution is 2.26. The van der Waals surface area contributed by atoms with Gasteiger partial charge in [0, 0.05) is 11.3 Å². The molecule has 1 atom stereocenters. The third-order valence-electron chi connectivity index (χ3n) is 4.37. The van der Waals surface area contributed by atoms with Crippen LogP contribution >= 0.6 is 11.6 Å². The number of anilines is 1. The van der Waals surface area contributed by atoms with Crippen molar-refractivity contribution in [1.29, 1.82) is 0 Å². The van der Waals surface area contributed by atoms with Gasteiger partial charge in [0.1, 0.15) is 5.82 Å². The average molecular weight is 412 g/mol. The Kier molecular flexibility index (Phi) is 6.29. The second kappa shape index (κ2) is 8.88. The van der Waals surface area contributed by atoms with E-state index in [2.05, 4.69) is 5.32 Å². The molecule has 0 aromatic heterocycles. The lowest BCUT2D eigenvalue weighted by atomic mass is 10.1. The highest BCUT2D eigenvalue weighted by molar-refractivity contribution is 6.33. The first-order valence-corrected chi connectivity index (χ1v) is 9.32. The van der Waals surface area contributed by atoms with Crippen molar-refractivity contribution >= 4 is 29.2 Å².